The van der Waals surface area contributed by atoms with Crippen molar-refractivity contribution in [2.24, 2.45) is 0 Å². The zero-order valence-electron chi connectivity index (χ0n) is 20.1. The lowest BCUT2D eigenvalue weighted by molar-refractivity contribution is -0.389. The van der Waals surface area contributed by atoms with Crippen molar-refractivity contribution in [2.45, 2.75) is 44.2 Å². The molecule has 4 rings (SSSR count). The quantitative estimate of drug-likeness (QED) is 0.282. The van der Waals surface area contributed by atoms with E-state index in [1.165, 1.54) is 22.9 Å². The highest BCUT2D eigenvalue weighted by Gasteiger charge is 2.30. The van der Waals surface area contributed by atoms with Crippen molar-refractivity contribution in [1.29, 1.82) is 0 Å². The van der Waals surface area contributed by atoms with Crippen molar-refractivity contribution in [1.82, 2.24) is 14.5 Å². The first-order chi connectivity index (χ1) is 18.1. The fourth-order valence-corrected chi connectivity index (χ4v) is 4.17. The summed E-state index contributed by atoms with van der Waals surface area (Å²) in [5.41, 5.74) is -0.708. The molecule has 0 bridgehead atoms. The molecule has 1 saturated heterocycles. The van der Waals surface area contributed by atoms with Gasteiger partial charge in [-0.15, -0.1) is 0 Å². The van der Waals surface area contributed by atoms with Gasteiger partial charge in [-0.1, -0.05) is 0 Å². The molecule has 1 aliphatic rings. The number of aromatic nitrogens is 3. The number of ether oxygens (including phenoxy) is 2. The van der Waals surface area contributed by atoms with Gasteiger partial charge in [0.15, 0.2) is 0 Å². The third kappa shape index (κ3) is 7.25. The molecule has 0 radical (unpaired) electrons. The molecule has 3 aromatic rings. The maximum absolute atomic E-state index is 12.7. The highest BCUT2D eigenvalue weighted by Crippen LogP contribution is 2.31. The number of hydrogen-bond acceptors (Lipinski definition) is 8. The smallest absolute Gasteiger partial charge is 0.416 e. The van der Waals surface area contributed by atoms with E-state index in [1.54, 1.807) is 12.3 Å². The molecule has 2 aromatic heterocycles. The van der Waals surface area contributed by atoms with E-state index < -0.39 is 22.8 Å². The van der Waals surface area contributed by atoms with Crippen LogP contribution in [-0.2, 0) is 12.7 Å². The van der Waals surface area contributed by atoms with E-state index in [2.05, 4.69) is 14.9 Å². The molecule has 1 aromatic carbocycles. The summed E-state index contributed by atoms with van der Waals surface area (Å²) in [7, 11) is 0. The van der Waals surface area contributed by atoms with Crippen LogP contribution in [0.3, 0.4) is 0 Å². The summed E-state index contributed by atoms with van der Waals surface area (Å²) in [5, 5.41) is 20.9. The number of imidazole rings is 1. The van der Waals surface area contributed by atoms with Gasteiger partial charge in [0.25, 0.3) is 0 Å². The van der Waals surface area contributed by atoms with Gasteiger partial charge in [0, 0.05) is 32.5 Å². The van der Waals surface area contributed by atoms with E-state index in [9.17, 15) is 28.4 Å². The van der Waals surface area contributed by atoms with Gasteiger partial charge in [-0.3, -0.25) is 4.57 Å². The zero-order chi connectivity index (χ0) is 27.3. The number of alkyl halides is 3. The second-order valence-electron chi connectivity index (χ2n) is 8.75. The molecular weight excluding hydrogens is 531 g/mol. The first kappa shape index (κ1) is 27.5. The van der Waals surface area contributed by atoms with Crippen molar-refractivity contribution in [3.05, 3.63) is 69.8 Å². The molecule has 0 amide bonds. The lowest BCUT2D eigenvalue weighted by Crippen LogP contribution is -2.38. The Morgan fingerprint density at radius 3 is 2.42 bits per heavy atom. The average Bonchev–Trinajstić information content (AvgIpc) is 3.27. The molecule has 204 valence electrons. The Balaban J connectivity index is 1.19. The normalized spacial score (nSPS) is 15.3. The number of halogens is 4. The fourth-order valence-electron chi connectivity index (χ4n) is 3.95. The van der Waals surface area contributed by atoms with Gasteiger partial charge in [-0.25, -0.2) is 4.98 Å². The molecule has 14 heteroatoms. The van der Waals surface area contributed by atoms with E-state index in [0.717, 1.165) is 18.0 Å². The number of aliphatic hydroxyl groups is 1. The van der Waals surface area contributed by atoms with Gasteiger partial charge >= 0.3 is 17.3 Å². The molecule has 1 unspecified atom stereocenters. The van der Waals surface area contributed by atoms with Crippen molar-refractivity contribution >= 4 is 23.2 Å². The van der Waals surface area contributed by atoms with Crippen LogP contribution >= 0.6 is 11.6 Å². The van der Waals surface area contributed by atoms with Gasteiger partial charge in [0.1, 0.15) is 36.2 Å². The first-order valence-corrected chi connectivity index (χ1v) is 12.2. The summed E-state index contributed by atoms with van der Waals surface area (Å²) in [5.74, 6) is 1.28. The summed E-state index contributed by atoms with van der Waals surface area (Å²) >= 11 is 5.87. The van der Waals surface area contributed by atoms with Crippen LogP contribution in [0.2, 0.25) is 5.28 Å². The molecule has 1 aliphatic heterocycles. The molecule has 0 spiro atoms. The number of nitrogens with zero attached hydrogens (tertiary/aromatic N) is 5. The fraction of sp³-hybridized carbons (Fsp3) is 0.417. The van der Waals surface area contributed by atoms with Crippen LogP contribution in [0.25, 0.3) is 0 Å². The highest BCUT2D eigenvalue weighted by atomic mass is 35.5. The maximum atomic E-state index is 12.7. The lowest BCUT2D eigenvalue weighted by atomic mass is 10.1. The summed E-state index contributed by atoms with van der Waals surface area (Å²) in [4.78, 5) is 20.3. The molecule has 3 heterocycles. The average molecular weight is 556 g/mol. The number of aliphatic hydroxyl groups excluding tert-OH is 1. The summed E-state index contributed by atoms with van der Waals surface area (Å²) in [6.07, 6.45) is -0.909. The monoisotopic (exact) mass is 555 g/mol. The maximum Gasteiger partial charge on any atom is 0.416 e. The molecule has 1 fully saturated rings. The molecule has 38 heavy (non-hydrogen) atoms. The SMILES string of the molecule is O=[N+]([O-])c1cn(CCC(O)COc2ccc(N3CCC(Oc4ccc(C(F)(F)F)cc4)CC3)nc2)c(Cl)n1. The van der Waals surface area contributed by atoms with Crippen molar-refractivity contribution < 1.29 is 32.7 Å². The van der Waals surface area contributed by atoms with Crippen LogP contribution in [0.1, 0.15) is 24.8 Å². The van der Waals surface area contributed by atoms with E-state index in [4.69, 9.17) is 21.1 Å². The Morgan fingerprint density at radius 1 is 1.16 bits per heavy atom. The third-order valence-electron chi connectivity index (χ3n) is 6.02. The largest absolute Gasteiger partial charge is 0.490 e. The van der Waals surface area contributed by atoms with Crippen molar-refractivity contribution in [2.75, 3.05) is 24.6 Å². The standard InChI is InChI=1S/C24H25ClF3N5O5/c25-23-30-22(33(35)36)14-32(23)10-7-17(34)15-37-20-5-6-21(29-13-20)31-11-8-19(9-12-31)38-18-3-1-16(2-4-18)24(26,27)28/h1-6,13-14,17,19,34H,7-12,15H2. The lowest BCUT2D eigenvalue weighted by Gasteiger charge is -2.33. The van der Waals surface area contributed by atoms with E-state index in [-0.39, 0.29) is 36.8 Å². The van der Waals surface area contributed by atoms with Crippen LogP contribution in [0, 0.1) is 10.1 Å². The number of benzene rings is 1. The Morgan fingerprint density at radius 2 is 1.84 bits per heavy atom. The van der Waals surface area contributed by atoms with Crippen molar-refractivity contribution in [3.63, 3.8) is 0 Å². The number of aryl methyl sites for hydroxylation is 1. The molecular formula is C24H25ClF3N5O5. The van der Waals surface area contributed by atoms with E-state index in [1.807, 2.05) is 6.07 Å². The van der Waals surface area contributed by atoms with Gasteiger partial charge in [-0.05, 0) is 64.3 Å². The number of anilines is 1. The van der Waals surface area contributed by atoms with Crippen LogP contribution < -0.4 is 14.4 Å². The Kier molecular flexibility index (Phi) is 8.57. The Hall–Kier alpha value is -3.58. The summed E-state index contributed by atoms with van der Waals surface area (Å²) in [6, 6.07) is 8.26. The molecule has 10 nitrogen and oxygen atoms in total. The molecule has 0 aliphatic carbocycles. The van der Waals surface area contributed by atoms with Crippen LogP contribution in [0.4, 0.5) is 24.8 Å². The molecule has 1 atom stereocenters. The minimum Gasteiger partial charge on any atom is -0.490 e. The Bertz CT molecular complexity index is 1220. The van der Waals surface area contributed by atoms with E-state index in [0.29, 0.717) is 37.4 Å². The Labute approximate surface area is 220 Å². The predicted molar refractivity (Wildman–Crippen MR) is 132 cm³/mol. The number of pyridine rings is 1. The van der Waals surface area contributed by atoms with Gasteiger partial charge in [0.05, 0.1) is 17.9 Å². The van der Waals surface area contributed by atoms with Crippen LogP contribution in [0.15, 0.2) is 48.8 Å². The summed E-state index contributed by atoms with van der Waals surface area (Å²) < 4.78 is 51.0. The van der Waals surface area contributed by atoms with Crippen LogP contribution in [0.5, 0.6) is 11.5 Å². The third-order valence-corrected chi connectivity index (χ3v) is 6.32. The second-order valence-corrected chi connectivity index (χ2v) is 9.09. The second kappa shape index (κ2) is 11.9. The van der Waals surface area contributed by atoms with Gasteiger partial charge in [-0.2, -0.15) is 13.2 Å². The van der Waals surface area contributed by atoms with Crippen molar-refractivity contribution in [3.8, 4) is 11.5 Å². The minimum absolute atomic E-state index is 0.00210. The topological polar surface area (TPSA) is 116 Å². The first-order valence-electron chi connectivity index (χ1n) is 11.8. The summed E-state index contributed by atoms with van der Waals surface area (Å²) in [6.45, 7) is 1.58. The van der Waals surface area contributed by atoms with Gasteiger partial charge in [0.2, 0.25) is 0 Å². The molecule has 1 N–H and O–H groups in total. The van der Waals surface area contributed by atoms with E-state index >= 15 is 0 Å². The minimum atomic E-state index is -4.37. The highest BCUT2D eigenvalue weighted by molar-refractivity contribution is 6.28. The molecule has 0 saturated carbocycles. The predicted octanol–water partition coefficient (Wildman–Crippen LogP) is 4.74. The number of nitro groups is 1. The number of hydrogen-bond donors (Lipinski definition) is 1. The number of piperidine rings is 1. The number of rotatable bonds is 10. The van der Waals surface area contributed by atoms with Gasteiger partial charge < -0.3 is 29.6 Å². The zero-order valence-corrected chi connectivity index (χ0v) is 20.8. The van der Waals surface area contributed by atoms with Crippen LogP contribution in [-0.4, -0.2) is 56.5 Å².